The van der Waals surface area contributed by atoms with Crippen LogP contribution in [-0.4, -0.2) is 23.1 Å². The summed E-state index contributed by atoms with van der Waals surface area (Å²) in [6.45, 7) is 5.26. The molecule has 1 fully saturated rings. The second-order valence-electron chi connectivity index (χ2n) is 1.69. The first-order valence-corrected chi connectivity index (χ1v) is 2.87. The quantitative estimate of drug-likeness (QED) is 0.512. The van der Waals surface area contributed by atoms with Gasteiger partial charge in [-0.15, -0.1) is 0 Å². The third kappa shape index (κ3) is 0.980. The molecule has 0 aliphatic carbocycles. The molecule has 0 unspecified atom stereocenters. The minimum absolute atomic E-state index is 0.822. The maximum atomic E-state index is 4.86. The van der Waals surface area contributed by atoms with E-state index in [1.165, 1.54) is 0 Å². The molecule has 3 heteroatoms. The van der Waals surface area contributed by atoms with Gasteiger partial charge in [-0.25, -0.2) is 0 Å². The van der Waals surface area contributed by atoms with Gasteiger partial charge in [-0.3, -0.25) is 0 Å². The first kappa shape index (κ1) is 5.56. The molecule has 2 nitrogen and oxygen atoms in total. The molecule has 1 rings (SSSR count). The SMILES string of the molecule is C=CN1CNC(=S)C1. The van der Waals surface area contributed by atoms with Crippen molar-refractivity contribution < 1.29 is 0 Å². The Hall–Kier alpha value is -0.570. The first-order chi connectivity index (χ1) is 3.83. The Morgan fingerprint density at radius 2 is 2.62 bits per heavy atom. The van der Waals surface area contributed by atoms with E-state index >= 15 is 0 Å². The van der Waals surface area contributed by atoms with Gasteiger partial charge in [-0.2, -0.15) is 0 Å². The molecule has 0 saturated carbocycles. The monoisotopic (exact) mass is 128 g/mol. The second kappa shape index (κ2) is 2.13. The van der Waals surface area contributed by atoms with Gasteiger partial charge in [0.25, 0.3) is 0 Å². The van der Waals surface area contributed by atoms with Crippen LogP contribution in [0, 0.1) is 0 Å². The summed E-state index contributed by atoms with van der Waals surface area (Å²) >= 11 is 4.86. The van der Waals surface area contributed by atoms with Crippen molar-refractivity contribution in [2.75, 3.05) is 13.2 Å². The van der Waals surface area contributed by atoms with Gasteiger partial charge < -0.3 is 10.2 Å². The minimum Gasteiger partial charge on any atom is -0.361 e. The highest BCUT2D eigenvalue weighted by molar-refractivity contribution is 7.80. The van der Waals surface area contributed by atoms with Crippen LogP contribution >= 0.6 is 12.2 Å². The van der Waals surface area contributed by atoms with E-state index in [0.717, 1.165) is 18.2 Å². The summed E-state index contributed by atoms with van der Waals surface area (Å²) in [5, 5.41) is 3.01. The fourth-order valence-corrected chi connectivity index (χ4v) is 0.845. The largest absolute Gasteiger partial charge is 0.361 e. The van der Waals surface area contributed by atoms with Crippen molar-refractivity contribution in [3.05, 3.63) is 12.8 Å². The highest BCUT2D eigenvalue weighted by atomic mass is 32.1. The van der Waals surface area contributed by atoms with E-state index in [-0.39, 0.29) is 0 Å². The molecule has 8 heavy (non-hydrogen) atoms. The van der Waals surface area contributed by atoms with Crippen LogP contribution in [-0.2, 0) is 0 Å². The van der Waals surface area contributed by atoms with E-state index < -0.39 is 0 Å². The van der Waals surface area contributed by atoms with Crippen LogP contribution in [0.1, 0.15) is 0 Å². The highest BCUT2D eigenvalue weighted by Gasteiger charge is 2.09. The Balaban J connectivity index is 2.43. The molecule has 1 heterocycles. The standard InChI is InChI=1S/C5H8N2S/c1-2-7-3-5(8)6-4-7/h2H,1,3-4H2,(H,6,8). The molecule has 1 N–H and O–H groups in total. The Bertz CT molecular complexity index is 122. The summed E-state index contributed by atoms with van der Waals surface area (Å²) in [6, 6.07) is 0. The maximum Gasteiger partial charge on any atom is 0.0964 e. The number of thiocarbonyl (C=S) groups is 1. The van der Waals surface area contributed by atoms with Crippen molar-refractivity contribution in [1.29, 1.82) is 0 Å². The summed E-state index contributed by atoms with van der Waals surface area (Å²) in [5.74, 6) is 0. The van der Waals surface area contributed by atoms with Gasteiger partial charge in [0.1, 0.15) is 0 Å². The number of hydrogen-bond acceptors (Lipinski definition) is 2. The van der Waals surface area contributed by atoms with Crippen LogP contribution < -0.4 is 5.32 Å². The fourth-order valence-electron chi connectivity index (χ4n) is 0.615. The third-order valence-corrected chi connectivity index (χ3v) is 1.36. The highest BCUT2D eigenvalue weighted by Crippen LogP contribution is 1.93. The van der Waals surface area contributed by atoms with E-state index in [1.54, 1.807) is 6.20 Å². The molecule has 0 amide bonds. The Kier molecular flexibility index (Phi) is 1.48. The summed E-state index contributed by atoms with van der Waals surface area (Å²) in [5.41, 5.74) is 0. The molecule has 0 aromatic rings. The molecule has 1 aliphatic heterocycles. The van der Waals surface area contributed by atoms with Gasteiger partial charge in [0.05, 0.1) is 18.2 Å². The number of nitrogens with zero attached hydrogens (tertiary/aromatic N) is 1. The maximum absolute atomic E-state index is 4.86. The lowest BCUT2D eigenvalue weighted by Gasteiger charge is -2.05. The molecular formula is C5H8N2S. The molecular weight excluding hydrogens is 120 g/mol. The normalized spacial score (nSPS) is 18.5. The topological polar surface area (TPSA) is 15.3 Å². The van der Waals surface area contributed by atoms with Crippen LogP contribution in [0.5, 0.6) is 0 Å². The molecule has 0 aromatic carbocycles. The average Bonchev–Trinajstić information content (AvgIpc) is 2.14. The van der Waals surface area contributed by atoms with Crippen molar-refractivity contribution in [2.45, 2.75) is 0 Å². The fraction of sp³-hybridized carbons (Fsp3) is 0.400. The number of hydrogen-bond donors (Lipinski definition) is 1. The van der Waals surface area contributed by atoms with Crippen LogP contribution in [0.25, 0.3) is 0 Å². The number of nitrogens with one attached hydrogen (secondary N) is 1. The minimum atomic E-state index is 0.822. The van der Waals surface area contributed by atoms with Crippen LogP contribution in [0.3, 0.4) is 0 Å². The van der Waals surface area contributed by atoms with Gasteiger partial charge in [-0.05, 0) is 6.20 Å². The summed E-state index contributed by atoms with van der Waals surface area (Å²) < 4.78 is 0. The van der Waals surface area contributed by atoms with E-state index in [1.807, 2.05) is 4.90 Å². The molecule has 1 saturated heterocycles. The number of rotatable bonds is 1. The Morgan fingerprint density at radius 3 is 2.88 bits per heavy atom. The lowest BCUT2D eigenvalue weighted by Crippen LogP contribution is -2.14. The zero-order valence-electron chi connectivity index (χ0n) is 4.55. The molecule has 44 valence electrons. The van der Waals surface area contributed by atoms with Crippen LogP contribution in [0.2, 0.25) is 0 Å². The predicted molar refractivity (Wildman–Crippen MR) is 37.5 cm³/mol. The average molecular weight is 128 g/mol. The molecule has 0 atom stereocenters. The summed E-state index contributed by atoms with van der Waals surface area (Å²) in [4.78, 5) is 2.92. The van der Waals surface area contributed by atoms with Crippen molar-refractivity contribution in [3.63, 3.8) is 0 Å². The van der Waals surface area contributed by atoms with Crippen molar-refractivity contribution in [2.24, 2.45) is 0 Å². The van der Waals surface area contributed by atoms with E-state index in [2.05, 4.69) is 11.9 Å². The second-order valence-corrected chi connectivity index (χ2v) is 2.18. The molecule has 0 spiro atoms. The molecule has 1 aliphatic rings. The molecule has 0 bridgehead atoms. The lowest BCUT2D eigenvalue weighted by atomic mass is 10.6. The van der Waals surface area contributed by atoms with Gasteiger partial charge in [-0.1, -0.05) is 18.8 Å². The Labute approximate surface area is 54.2 Å². The van der Waals surface area contributed by atoms with E-state index in [0.29, 0.717) is 0 Å². The van der Waals surface area contributed by atoms with E-state index in [9.17, 15) is 0 Å². The zero-order valence-corrected chi connectivity index (χ0v) is 5.37. The zero-order chi connectivity index (χ0) is 5.98. The van der Waals surface area contributed by atoms with Gasteiger partial charge in [0.15, 0.2) is 0 Å². The van der Waals surface area contributed by atoms with Gasteiger partial charge >= 0.3 is 0 Å². The van der Waals surface area contributed by atoms with Crippen LogP contribution in [0.15, 0.2) is 12.8 Å². The van der Waals surface area contributed by atoms with Crippen molar-refractivity contribution in [1.82, 2.24) is 10.2 Å². The Morgan fingerprint density at radius 1 is 1.88 bits per heavy atom. The summed E-state index contributed by atoms with van der Waals surface area (Å²) in [7, 11) is 0. The summed E-state index contributed by atoms with van der Waals surface area (Å²) in [6.07, 6.45) is 1.78. The smallest absolute Gasteiger partial charge is 0.0964 e. The lowest BCUT2D eigenvalue weighted by molar-refractivity contribution is 0.466. The molecule has 0 aromatic heterocycles. The molecule has 0 radical (unpaired) electrons. The van der Waals surface area contributed by atoms with Gasteiger partial charge in [0, 0.05) is 0 Å². The van der Waals surface area contributed by atoms with Gasteiger partial charge in [0.2, 0.25) is 0 Å². The predicted octanol–water partition coefficient (Wildman–Crippen LogP) is 0.320. The van der Waals surface area contributed by atoms with Crippen LogP contribution in [0.4, 0.5) is 0 Å². The van der Waals surface area contributed by atoms with E-state index in [4.69, 9.17) is 12.2 Å². The van der Waals surface area contributed by atoms with Crippen molar-refractivity contribution >= 4 is 17.2 Å². The van der Waals surface area contributed by atoms with Crippen molar-refractivity contribution in [3.8, 4) is 0 Å². The third-order valence-electron chi connectivity index (χ3n) is 1.08. The first-order valence-electron chi connectivity index (χ1n) is 2.46.